The molecule has 1 unspecified atom stereocenters. The summed E-state index contributed by atoms with van der Waals surface area (Å²) >= 11 is 0. The van der Waals surface area contributed by atoms with Gasteiger partial charge in [-0.3, -0.25) is 24.3 Å². The summed E-state index contributed by atoms with van der Waals surface area (Å²) in [7, 11) is 0. The predicted octanol–water partition coefficient (Wildman–Crippen LogP) is 2.15. The fourth-order valence-corrected chi connectivity index (χ4v) is 5.13. The van der Waals surface area contributed by atoms with E-state index in [1.165, 1.54) is 5.39 Å². The number of aromatic nitrogens is 1. The third-order valence-corrected chi connectivity index (χ3v) is 6.83. The van der Waals surface area contributed by atoms with Crippen molar-refractivity contribution in [3.8, 4) is 0 Å². The zero-order chi connectivity index (χ0) is 25.0. The molecular weight excluding hydrogens is 452 g/mol. The lowest BCUT2D eigenvalue weighted by Crippen LogP contribution is -2.60. The van der Waals surface area contributed by atoms with Crippen LogP contribution in [0.3, 0.4) is 0 Å². The van der Waals surface area contributed by atoms with Gasteiger partial charge in [-0.15, -0.1) is 0 Å². The molecule has 3 aliphatic rings. The van der Waals surface area contributed by atoms with E-state index in [9.17, 15) is 4.79 Å². The van der Waals surface area contributed by atoms with Crippen molar-refractivity contribution in [1.82, 2.24) is 14.8 Å². The molecule has 1 aromatic carbocycles. The van der Waals surface area contributed by atoms with Gasteiger partial charge < -0.3 is 25.2 Å². The highest BCUT2D eigenvalue weighted by Gasteiger charge is 2.35. The number of nitrogens with one attached hydrogen (secondary N) is 1. The monoisotopic (exact) mass is 486 g/mol. The third kappa shape index (κ3) is 7.12. The van der Waals surface area contributed by atoms with Crippen LogP contribution in [0.4, 0.5) is 5.69 Å². The summed E-state index contributed by atoms with van der Waals surface area (Å²) in [6, 6.07) is 11.1. The van der Waals surface area contributed by atoms with E-state index in [0.717, 1.165) is 76.3 Å². The number of amides is 1. The normalized spacial score (nSPS) is 24.0. The average molecular weight is 487 g/mol. The number of para-hydroxylation sites is 1. The lowest BCUT2D eigenvalue weighted by molar-refractivity contribution is -0.142. The highest BCUT2D eigenvalue weighted by Crippen LogP contribution is 2.30. The van der Waals surface area contributed by atoms with Crippen molar-refractivity contribution in [3.63, 3.8) is 0 Å². The molecule has 1 aromatic heterocycles. The molecule has 190 valence electrons. The molecule has 0 radical (unpaired) electrons. The van der Waals surface area contributed by atoms with Crippen LogP contribution in [0.15, 0.2) is 36.5 Å². The third-order valence-electron chi connectivity index (χ3n) is 6.83. The largest absolute Gasteiger partial charge is 0.483 e. The van der Waals surface area contributed by atoms with Gasteiger partial charge in [-0.05, 0) is 37.8 Å². The molecule has 0 bridgehead atoms. The minimum absolute atomic E-state index is 0.179. The second-order valence-electron chi connectivity index (χ2n) is 8.83. The first-order chi connectivity index (χ1) is 17.1. The topological polar surface area (TPSA) is 132 Å². The smallest absolute Gasteiger partial charge is 0.290 e. The van der Waals surface area contributed by atoms with Crippen LogP contribution in [-0.2, 0) is 19.1 Å². The van der Waals surface area contributed by atoms with E-state index >= 15 is 0 Å². The van der Waals surface area contributed by atoms with Crippen LogP contribution >= 0.6 is 0 Å². The molecule has 10 heteroatoms. The fourth-order valence-electron chi connectivity index (χ4n) is 5.13. The Hall–Kier alpha value is -3.24. The van der Waals surface area contributed by atoms with Crippen LogP contribution in [0, 0.1) is 5.92 Å². The summed E-state index contributed by atoms with van der Waals surface area (Å²) in [4.78, 5) is 38.9. The van der Waals surface area contributed by atoms with E-state index in [2.05, 4.69) is 38.3 Å². The number of hydrogen-bond donors (Lipinski definition) is 3. The predicted molar refractivity (Wildman–Crippen MR) is 131 cm³/mol. The van der Waals surface area contributed by atoms with Crippen molar-refractivity contribution in [3.05, 3.63) is 36.5 Å². The van der Waals surface area contributed by atoms with Crippen molar-refractivity contribution in [1.29, 1.82) is 0 Å². The molecule has 1 saturated carbocycles. The van der Waals surface area contributed by atoms with Crippen molar-refractivity contribution >= 4 is 35.4 Å². The first kappa shape index (κ1) is 26.4. The number of carboxylic acid groups (broad SMARTS) is 2. The van der Waals surface area contributed by atoms with Gasteiger partial charge in [0.05, 0.1) is 24.8 Å². The van der Waals surface area contributed by atoms with E-state index in [-0.39, 0.29) is 18.9 Å². The van der Waals surface area contributed by atoms with E-state index in [4.69, 9.17) is 24.5 Å². The highest BCUT2D eigenvalue weighted by molar-refractivity contribution is 5.91. The highest BCUT2D eigenvalue weighted by atomic mass is 16.5. The van der Waals surface area contributed by atoms with Gasteiger partial charge in [-0.25, -0.2) is 0 Å². The van der Waals surface area contributed by atoms with Crippen LogP contribution in [-0.4, -0.2) is 95.3 Å². The summed E-state index contributed by atoms with van der Waals surface area (Å²) in [5.41, 5.74) is 2.17. The number of fused-ring (bicyclic) bond motifs is 2. The molecule has 2 aromatic rings. The summed E-state index contributed by atoms with van der Waals surface area (Å²) in [5.74, 6) is 0.543. The number of piperazine rings is 1. The molecule has 1 aliphatic carbocycles. The molecule has 3 heterocycles. The molecular formula is C25H34N4O6. The van der Waals surface area contributed by atoms with Crippen LogP contribution in [0.25, 0.3) is 10.9 Å². The van der Waals surface area contributed by atoms with Crippen molar-refractivity contribution in [2.24, 2.45) is 5.92 Å². The van der Waals surface area contributed by atoms with Crippen LogP contribution in [0.2, 0.25) is 0 Å². The number of carbonyl (C=O) groups is 3. The fraction of sp³-hybridized carbons (Fsp3) is 0.520. The van der Waals surface area contributed by atoms with Gasteiger partial charge in [0.15, 0.2) is 0 Å². The number of hydrogen-bond acceptors (Lipinski definition) is 7. The number of carbonyl (C=O) groups excluding carboxylic acids is 1. The zero-order valence-electron chi connectivity index (χ0n) is 19.8. The average Bonchev–Trinajstić information content (AvgIpc) is 2.90. The van der Waals surface area contributed by atoms with E-state index in [1.54, 1.807) is 0 Å². The Kier molecular flexibility index (Phi) is 10.2. The molecule has 35 heavy (non-hydrogen) atoms. The number of ether oxygens (including phenoxy) is 1. The van der Waals surface area contributed by atoms with E-state index < -0.39 is 0 Å². The number of rotatable bonds is 3. The number of pyridine rings is 1. The minimum Gasteiger partial charge on any atom is -0.483 e. The first-order valence-corrected chi connectivity index (χ1v) is 12.0. The molecule has 5 rings (SSSR count). The van der Waals surface area contributed by atoms with Crippen molar-refractivity contribution in [2.75, 3.05) is 44.7 Å². The number of nitrogens with zero attached hydrogens (tertiary/aromatic N) is 3. The molecule has 10 nitrogen and oxygen atoms in total. The number of benzene rings is 1. The second-order valence-corrected chi connectivity index (χ2v) is 8.83. The molecule has 2 saturated heterocycles. The standard InChI is InChI=1S/C23H30N4O2.2CH2O2/c28-23(27-12-11-26-13-14-29-16-19(26)15-27)17-5-7-18(8-6-17)25-22-9-10-24-21-4-2-1-3-20(21)22;2*2-1-3/h1-4,9-10,17-19H,5-8,11-16H2,(H,24,25);2*1H,(H,2,3). The van der Waals surface area contributed by atoms with Crippen LogP contribution in [0.5, 0.6) is 0 Å². The zero-order valence-corrected chi connectivity index (χ0v) is 19.8. The Bertz CT molecular complexity index is 955. The minimum atomic E-state index is -0.250. The second kappa shape index (κ2) is 13.6. The Balaban J connectivity index is 0.000000520. The maximum atomic E-state index is 13.1. The summed E-state index contributed by atoms with van der Waals surface area (Å²) in [6.45, 7) is 4.80. The van der Waals surface area contributed by atoms with Crippen molar-refractivity contribution in [2.45, 2.75) is 37.8 Å². The van der Waals surface area contributed by atoms with Crippen LogP contribution in [0.1, 0.15) is 25.7 Å². The molecule has 3 N–H and O–H groups in total. The van der Waals surface area contributed by atoms with Gasteiger partial charge in [-0.2, -0.15) is 0 Å². The van der Waals surface area contributed by atoms with E-state index in [0.29, 0.717) is 18.0 Å². The maximum Gasteiger partial charge on any atom is 0.290 e. The number of anilines is 1. The molecule has 0 spiro atoms. The first-order valence-electron chi connectivity index (χ1n) is 12.0. The Morgan fingerprint density at radius 3 is 2.49 bits per heavy atom. The van der Waals surface area contributed by atoms with Gasteiger partial charge in [0.1, 0.15) is 0 Å². The Labute approximate surface area is 204 Å². The van der Waals surface area contributed by atoms with Gasteiger partial charge in [0.25, 0.3) is 12.9 Å². The summed E-state index contributed by atoms with van der Waals surface area (Å²) in [5, 5.41) is 18.7. The number of morpholine rings is 1. The van der Waals surface area contributed by atoms with Gasteiger partial charge in [-0.1, -0.05) is 18.2 Å². The lowest BCUT2D eigenvalue weighted by atomic mass is 9.84. The molecule has 2 aliphatic heterocycles. The van der Waals surface area contributed by atoms with Gasteiger partial charge in [0.2, 0.25) is 5.91 Å². The molecule has 1 amide bonds. The maximum absolute atomic E-state index is 13.1. The van der Waals surface area contributed by atoms with Gasteiger partial charge in [0, 0.05) is 55.4 Å². The summed E-state index contributed by atoms with van der Waals surface area (Å²) < 4.78 is 5.62. The van der Waals surface area contributed by atoms with E-state index in [1.807, 2.05) is 18.3 Å². The van der Waals surface area contributed by atoms with Gasteiger partial charge >= 0.3 is 0 Å². The van der Waals surface area contributed by atoms with Crippen molar-refractivity contribution < 1.29 is 29.3 Å². The quantitative estimate of drug-likeness (QED) is 0.558. The van der Waals surface area contributed by atoms with Crippen LogP contribution < -0.4 is 5.32 Å². The Morgan fingerprint density at radius 1 is 1.03 bits per heavy atom. The SMILES string of the molecule is O=C(C1CCC(Nc2ccnc3ccccc23)CC1)N1CCN2CCOCC2C1.O=CO.O=CO. The molecule has 3 fully saturated rings. The molecule has 1 atom stereocenters. The lowest BCUT2D eigenvalue weighted by Gasteiger charge is -2.45. The Morgan fingerprint density at radius 2 is 1.74 bits per heavy atom. The summed E-state index contributed by atoms with van der Waals surface area (Å²) in [6.07, 6.45) is 5.90.